The van der Waals surface area contributed by atoms with E-state index in [-0.39, 0.29) is 13.0 Å². The van der Waals surface area contributed by atoms with Crippen molar-refractivity contribution in [3.63, 3.8) is 0 Å². The number of hydrogen-bond acceptors (Lipinski definition) is 3. The molecule has 0 aliphatic rings. The first-order valence-electron chi connectivity index (χ1n) is 5.19. The molecule has 98 valence electrons. The second-order valence-electron chi connectivity index (χ2n) is 3.51. The normalized spacial score (nSPS) is 11.7. The maximum absolute atomic E-state index is 11.5. The molecule has 1 atom stereocenters. The summed E-state index contributed by atoms with van der Waals surface area (Å²) < 4.78 is 0.872. The van der Waals surface area contributed by atoms with Crippen LogP contribution in [0.4, 0.5) is 10.5 Å². The number of aliphatic hydroxyl groups is 1. The third kappa shape index (κ3) is 4.72. The lowest BCUT2D eigenvalue weighted by molar-refractivity contribution is -0.139. The Hall–Kier alpha value is -1.60. The van der Waals surface area contributed by atoms with Crippen LogP contribution < -0.4 is 10.6 Å². The fourth-order valence-electron chi connectivity index (χ4n) is 1.25. The second kappa shape index (κ2) is 6.97. The Kier molecular flexibility index (Phi) is 5.60. The zero-order chi connectivity index (χ0) is 13.5. The van der Waals surface area contributed by atoms with Gasteiger partial charge in [-0.2, -0.15) is 0 Å². The average Bonchev–Trinajstić information content (AvgIpc) is 2.31. The molecule has 0 heterocycles. The summed E-state index contributed by atoms with van der Waals surface area (Å²) in [4.78, 5) is 22.3. The predicted octanol–water partition coefficient (Wildman–Crippen LogP) is 1.41. The minimum Gasteiger partial charge on any atom is -0.480 e. The van der Waals surface area contributed by atoms with E-state index in [4.69, 9.17) is 10.2 Å². The number of carboxylic acids is 1. The molecule has 0 saturated heterocycles. The van der Waals surface area contributed by atoms with Gasteiger partial charge in [0.25, 0.3) is 0 Å². The third-order valence-corrected chi connectivity index (χ3v) is 2.65. The molecule has 2 amide bonds. The molecule has 0 aromatic heterocycles. The summed E-state index contributed by atoms with van der Waals surface area (Å²) in [7, 11) is 0. The van der Waals surface area contributed by atoms with Crippen molar-refractivity contribution in [2.45, 2.75) is 12.5 Å². The number of halogens is 1. The number of carboxylic acid groups (broad SMARTS) is 1. The van der Waals surface area contributed by atoms with Gasteiger partial charge >= 0.3 is 12.0 Å². The van der Waals surface area contributed by atoms with Crippen LogP contribution in [0.25, 0.3) is 0 Å². The summed E-state index contributed by atoms with van der Waals surface area (Å²) >= 11 is 3.26. The lowest BCUT2D eigenvalue weighted by Gasteiger charge is -2.13. The van der Waals surface area contributed by atoms with Gasteiger partial charge in [0, 0.05) is 23.2 Å². The van der Waals surface area contributed by atoms with Gasteiger partial charge in [-0.15, -0.1) is 0 Å². The van der Waals surface area contributed by atoms with Gasteiger partial charge in [-0.25, -0.2) is 9.59 Å². The van der Waals surface area contributed by atoms with Crippen LogP contribution >= 0.6 is 15.9 Å². The summed E-state index contributed by atoms with van der Waals surface area (Å²) in [6.07, 6.45) is -0.0386. The van der Waals surface area contributed by atoms with Crippen LogP contribution in [-0.2, 0) is 4.79 Å². The Balaban J connectivity index is 2.54. The van der Waals surface area contributed by atoms with Gasteiger partial charge in [-0.05, 0) is 24.3 Å². The molecule has 1 rings (SSSR count). The van der Waals surface area contributed by atoms with E-state index in [1.165, 1.54) is 0 Å². The third-order valence-electron chi connectivity index (χ3n) is 2.12. The van der Waals surface area contributed by atoms with Crippen LogP contribution in [0.5, 0.6) is 0 Å². The molecule has 0 aliphatic carbocycles. The standard InChI is InChI=1S/C11H13BrN2O4/c12-7-1-3-8(4-2-7)13-11(18)14-9(5-6-15)10(16)17/h1-4,9,15H,5-6H2,(H,16,17)(H2,13,14,18). The van der Waals surface area contributed by atoms with Crippen molar-refractivity contribution in [2.24, 2.45) is 0 Å². The van der Waals surface area contributed by atoms with E-state index in [0.717, 1.165) is 4.47 Å². The summed E-state index contributed by atoms with van der Waals surface area (Å²) in [6, 6.07) is 5.11. The molecule has 0 aliphatic heterocycles. The van der Waals surface area contributed by atoms with Gasteiger partial charge in [-0.3, -0.25) is 0 Å². The molecule has 4 N–H and O–H groups in total. The van der Waals surface area contributed by atoms with Crippen LogP contribution in [0, 0.1) is 0 Å². The Morgan fingerprint density at radius 1 is 1.28 bits per heavy atom. The fourth-order valence-corrected chi connectivity index (χ4v) is 1.51. The molecule has 0 saturated carbocycles. The summed E-state index contributed by atoms with van der Waals surface area (Å²) in [6.45, 7) is -0.310. The Morgan fingerprint density at radius 3 is 2.39 bits per heavy atom. The molecule has 0 fully saturated rings. The molecular formula is C11H13BrN2O4. The number of anilines is 1. The van der Waals surface area contributed by atoms with E-state index in [9.17, 15) is 9.59 Å². The molecule has 6 nitrogen and oxygen atoms in total. The van der Waals surface area contributed by atoms with Gasteiger partial charge in [0.15, 0.2) is 0 Å². The SMILES string of the molecule is O=C(Nc1ccc(Br)cc1)NC(CCO)C(=O)O. The minimum atomic E-state index is -1.19. The highest BCUT2D eigenvalue weighted by Gasteiger charge is 2.18. The molecule has 0 radical (unpaired) electrons. The van der Waals surface area contributed by atoms with E-state index < -0.39 is 18.0 Å². The van der Waals surface area contributed by atoms with Crippen molar-refractivity contribution in [1.82, 2.24) is 5.32 Å². The maximum atomic E-state index is 11.5. The number of aliphatic hydroxyl groups excluding tert-OH is 1. The van der Waals surface area contributed by atoms with Crippen molar-refractivity contribution in [3.8, 4) is 0 Å². The van der Waals surface area contributed by atoms with Crippen LogP contribution in [-0.4, -0.2) is 34.9 Å². The van der Waals surface area contributed by atoms with Crippen molar-refractivity contribution < 1.29 is 19.8 Å². The molecular weight excluding hydrogens is 304 g/mol. The van der Waals surface area contributed by atoms with Crippen LogP contribution in [0.2, 0.25) is 0 Å². The predicted molar refractivity (Wildman–Crippen MR) is 69.4 cm³/mol. The average molecular weight is 317 g/mol. The largest absolute Gasteiger partial charge is 0.480 e. The summed E-state index contributed by atoms with van der Waals surface area (Å²) in [5.74, 6) is -1.19. The minimum absolute atomic E-state index is 0.0386. The van der Waals surface area contributed by atoms with Gasteiger partial charge < -0.3 is 20.8 Å². The number of nitrogens with one attached hydrogen (secondary N) is 2. The van der Waals surface area contributed by atoms with Gasteiger partial charge in [0.1, 0.15) is 6.04 Å². The van der Waals surface area contributed by atoms with Crippen molar-refractivity contribution >= 4 is 33.6 Å². The molecule has 1 aromatic carbocycles. The Bertz CT molecular complexity index is 422. The highest BCUT2D eigenvalue weighted by atomic mass is 79.9. The van der Waals surface area contributed by atoms with Gasteiger partial charge in [-0.1, -0.05) is 15.9 Å². The molecule has 1 unspecified atom stereocenters. The number of urea groups is 1. The van der Waals surface area contributed by atoms with Crippen molar-refractivity contribution in [1.29, 1.82) is 0 Å². The number of carbonyl (C=O) groups is 2. The summed E-state index contributed by atoms with van der Waals surface area (Å²) in [5, 5.41) is 22.2. The van der Waals surface area contributed by atoms with Gasteiger partial charge in [0.2, 0.25) is 0 Å². The van der Waals surface area contributed by atoms with Crippen LogP contribution in [0.15, 0.2) is 28.7 Å². The number of benzene rings is 1. The number of aliphatic carboxylic acids is 1. The first kappa shape index (κ1) is 14.5. The maximum Gasteiger partial charge on any atom is 0.326 e. The monoisotopic (exact) mass is 316 g/mol. The second-order valence-corrected chi connectivity index (χ2v) is 4.42. The van der Waals surface area contributed by atoms with E-state index in [1.54, 1.807) is 24.3 Å². The quantitative estimate of drug-likeness (QED) is 0.660. The molecule has 7 heteroatoms. The first-order valence-corrected chi connectivity index (χ1v) is 5.99. The number of amides is 2. The fraction of sp³-hybridized carbons (Fsp3) is 0.273. The number of rotatable bonds is 5. The first-order chi connectivity index (χ1) is 8.52. The summed E-state index contributed by atoms with van der Waals surface area (Å²) in [5.41, 5.74) is 0.545. The van der Waals surface area contributed by atoms with E-state index in [1.807, 2.05) is 0 Å². The van der Waals surface area contributed by atoms with Gasteiger partial charge in [0.05, 0.1) is 0 Å². The van der Waals surface area contributed by atoms with Crippen LogP contribution in [0.3, 0.4) is 0 Å². The topological polar surface area (TPSA) is 98.7 Å². The smallest absolute Gasteiger partial charge is 0.326 e. The Labute approximate surface area is 112 Å². The lowest BCUT2D eigenvalue weighted by Crippen LogP contribution is -2.43. The van der Waals surface area contributed by atoms with E-state index >= 15 is 0 Å². The van der Waals surface area contributed by atoms with Crippen LogP contribution in [0.1, 0.15) is 6.42 Å². The van der Waals surface area contributed by atoms with Crippen molar-refractivity contribution in [2.75, 3.05) is 11.9 Å². The molecule has 0 bridgehead atoms. The van der Waals surface area contributed by atoms with Crippen molar-refractivity contribution in [3.05, 3.63) is 28.7 Å². The molecule has 18 heavy (non-hydrogen) atoms. The zero-order valence-electron chi connectivity index (χ0n) is 9.39. The highest BCUT2D eigenvalue weighted by molar-refractivity contribution is 9.10. The number of hydrogen-bond donors (Lipinski definition) is 4. The van der Waals surface area contributed by atoms with E-state index in [2.05, 4.69) is 26.6 Å². The zero-order valence-corrected chi connectivity index (χ0v) is 11.0. The molecule has 0 spiro atoms. The Morgan fingerprint density at radius 2 is 1.89 bits per heavy atom. The lowest BCUT2D eigenvalue weighted by atomic mass is 10.2. The molecule has 1 aromatic rings. The van der Waals surface area contributed by atoms with E-state index in [0.29, 0.717) is 5.69 Å². The number of carbonyl (C=O) groups excluding carboxylic acids is 1. The highest BCUT2D eigenvalue weighted by Crippen LogP contribution is 2.13.